The summed E-state index contributed by atoms with van der Waals surface area (Å²) < 4.78 is 0. The lowest BCUT2D eigenvalue weighted by molar-refractivity contribution is -0.135. The molecule has 0 N–H and O–H groups in total. The summed E-state index contributed by atoms with van der Waals surface area (Å²) in [6.07, 6.45) is 4.13. The molecule has 0 radical (unpaired) electrons. The molecule has 1 saturated heterocycles. The van der Waals surface area contributed by atoms with Crippen LogP contribution in [0.4, 0.5) is 0 Å². The number of hydrogen-bond donors (Lipinski definition) is 0. The molecule has 1 heterocycles. The van der Waals surface area contributed by atoms with Crippen molar-refractivity contribution < 1.29 is 9.59 Å². The van der Waals surface area contributed by atoms with Gasteiger partial charge in [-0.3, -0.25) is 9.59 Å². The monoisotopic (exact) mass is 382 g/mol. The van der Waals surface area contributed by atoms with Gasteiger partial charge in [-0.2, -0.15) is 0 Å². The lowest BCUT2D eigenvalue weighted by atomic mass is 10.0. The molecule has 1 aliphatic rings. The van der Waals surface area contributed by atoms with Crippen LogP contribution in [0.2, 0.25) is 0 Å². The fraction of sp³-hybridized carbons (Fsp3) is 0.364. The normalized spacial score (nSPS) is 14.5. The Morgan fingerprint density at radius 3 is 2.52 bits per heavy atom. The zero-order valence-electron chi connectivity index (χ0n) is 16.0. The highest BCUT2D eigenvalue weighted by Gasteiger charge is 2.27. The number of rotatable bonds is 6. The van der Waals surface area contributed by atoms with Crippen molar-refractivity contribution in [2.75, 3.05) is 32.4 Å². The van der Waals surface area contributed by atoms with E-state index in [1.807, 2.05) is 29.2 Å². The lowest BCUT2D eigenvalue weighted by Gasteiger charge is -2.34. The third-order valence-corrected chi connectivity index (χ3v) is 5.66. The van der Waals surface area contributed by atoms with Crippen molar-refractivity contribution in [2.24, 2.45) is 0 Å². The van der Waals surface area contributed by atoms with E-state index in [-0.39, 0.29) is 18.4 Å². The predicted molar refractivity (Wildman–Crippen MR) is 111 cm³/mol. The van der Waals surface area contributed by atoms with E-state index in [2.05, 4.69) is 37.4 Å². The van der Waals surface area contributed by atoms with Crippen LogP contribution in [0.15, 0.2) is 53.4 Å². The van der Waals surface area contributed by atoms with E-state index < -0.39 is 0 Å². The molecule has 0 spiro atoms. The summed E-state index contributed by atoms with van der Waals surface area (Å²) in [5, 5.41) is 0. The van der Waals surface area contributed by atoms with E-state index in [1.54, 1.807) is 16.7 Å². The van der Waals surface area contributed by atoms with Gasteiger partial charge in [0.05, 0.1) is 0 Å². The number of piperazine rings is 1. The first kappa shape index (κ1) is 19.5. The Kier molecular flexibility index (Phi) is 6.56. The average molecular weight is 383 g/mol. The van der Waals surface area contributed by atoms with Crippen molar-refractivity contribution in [2.45, 2.75) is 24.7 Å². The van der Waals surface area contributed by atoms with Gasteiger partial charge < -0.3 is 9.80 Å². The van der Waals surface area contributed by atoms with Crippen molar-refractivity contribution in [3.63, 3.8) is 0 Å². The first-order valence-electron chi connectivity index (χ1n) is 9.44. The van der Waals surface area contributed by atoms with Crippen LogP contribution in [0.5, 0.6) is 0 Å². The van der Waals surface area contributed by atoms with Crippen molar-refractivity contribution >= 4 is 23.6 Å². The maximum Gasteiger partial charge on any atom is 0.254 e. The predicted octanol–water partition coefficient (Wildman–Crippen LogP) is 4.16. The quantitative estimate of drug-likeness (QED) is 0.705. The summed E-state index contributed by atoms with van der Waals surface area (Å²) in [5.41, 5.74) is 2.74. The zero-order chi connectivity index (χ0) is 19.2. The molecule has 0 bridgehead atoms. The topological polar surface area (TPSA) is 40.6 Å². The Hall–Kier alpha value is -2.27. The van der Waals surface area contributed by atoms with Crippen LogP contribution in [0.1, 0.15) is 30.1 Å². The number of carbonyl (C=O) groups excluding carboxylic acids is 2. The molecule has 1 aliphatic heterocycles. The van der Waals surface area contributed by atoms with Crippen LogP contribution in [-0.4, -0.2) is 54.0 Å². The number of unbranched alkanes of at least 4 members (excludes halogenated alkanes) is 1. The van der Waals surface area contributed by atoms with Crippen LogP contribution in [-0.2, 0) is 4.79 Å². The molecule has 0 aromatic heterocycles. The highest BCUT2D eigenvalue weighted by atomic mass is 32.2. The number of nitrogens with zero attached hydrogens (tertiary/aromatic N) is 2. The minimum Gasteiger partial charge on any atom is -0.339 e. The Labute approximate surface area is 165 Å². The van der Waals surface area contributed by atoms with Crippen molar-refractivity contribution in [3.05, 3.63) is 54.1 Å². The summed E-state index contributed by atoms with van der Waals surface area (Å²) in [6, 6.07) is 16.0. The second-order valence-corrected chi connectivity index (χ2v) is 7.65. The summed E-state index contributed by atoms with van der Waals surface area (Å²) in [7, 11) is 0. The maximum absolute atomic E-state index is 12.9. The van der Waals surface area contributed by atoms with Crippen LogP contribution in [0.3, 0.4) is 0 Å². The molecule has 3 rings (SSSR count). The molecule has 5 heteroatoms. The number of hydrogen-bond acceptors (Lipinski definition) is 3. The molecule has 0 aliphatic carbocycles. The Balaban J connectivity index is 1.71. The average Bonchev–Trinajstić information content (AvgIpc) is 2.72. The fourth-order valence-corrected chi connectivity index (χ4v) is 3.67. The van der Waals surface area contributed by atoms with E-state index in [4.69, 9.17) is 0 Å². The molecule has 2 amide bonds. The molecular formula is C22H26N2O2S. The SMILES string of the molecule is CCCCN1CCN(C(=O)c2cccc(-c3ccc(SC)cc3)c2)CC1=O. The van der Waals surface area contributed by atoms with Crippen molar-refractivity contribution in [1.29, 1.82) is 0 Å². The lowest BCUT2D eigenvalue weighted by Crippen LogP contribution is -2.52. The Morgan fingerprint density at radius 2 is 1.85 bits per heavy atom. The molecule has 2 aromatic rings. The van der Waals surface area contributed by atoms with Crippen LogP contribution in [0.25, 0.3) is 11.1 Å². The highest BCUT2D eigenvalue weighted by molar-refractivity contribution is 7.98. The minimum absolute atomic E-state index is 0.0480. The summed E-state index contributed by atoms with van der Waals surface area (Å²) >= 11 is 1.71. The van der Waals surface area contributed by atoms with Gasteiger partial charge in [0.15, 0.2) is 0 Å². The van der Waals surface area contributed by atoms with Crippen molar-refractivity contribution in [1.82, 2.24) is 9.80 Å². The Morgan fingerprint density at radius 1 is 1.07 bits per heavy atom. The molecule has 1 fully saturated rings. The third-order valence-electron chi connectivity index (χ3n) is 4.92. The van der Waals surface area contributed by atoms with Crippen LogP contribution >= 0.6 is 11.8 Å². The number of amides is 2. The zero-order valence-corrected chi connectivity index (χ0v) is 16.8. The number of carbonyl (C=O) groups is 2. The molecular weight excluding hydrogens is 356 g/mol. The third kappa shape index (κ3) is 4.72. The van der Waals surface area contributed by atoms with E-state index in [0.717, 1.165) is 30.5 Å². The maximum atomic E-state index is 12.9. The summed E-state index contributed by atoms with van der Waals surface area (Å²) in [4.78, 5) is 30.0. The summed E-state index contributed by atoms with van der Waals surface area (Å²) in [5.74, 6) is -0.0204. The summed E-state index contributed by atoms with van der Waals surface area (Å²) in [6.45, 7) is 4.31. The molecule has 2 aromatic carbocycles. The van der Waals surface area contributed by atoms with Gasteiger partial charge >= 0.3 is 0 Å². The van der Waals surface area contributed by atoms with Gasteiger partial charge in [0, 0.05) is 30.1 Å². The molecule has 0 unspecified atom stereocenters. The number of benzene rings is 2. The van der Waals surface area contributed by atoms with Gasteiger partial charge in [0.25, 0.3) is 5.91 Å². The van der Waals surface area contributed by atoms with Gasteiger partial charge in [-0.25, -0.2) is 0 Å². The molecule has 0 atom stereocenters. The van der Waals surface area contributed by atoms with Gasteiger partial charge in [-0.15, -0.1) is 11.8 Å². The standard InChI is InChI=1S/C22H26N2O2S/c1-3-4-12-23-13-14-24(16-21(23)25)22(26)19-7-5-6-18(15-19)17-8-10-20(27-2)11-9-17/h5-11,15H,3-4,12-14,16H2,1-2H3. The molecule has 4 nitrogen and oxygen atoms in total. The van der Waals surface area contributed by atoms with Gasteiger partial charge in [-0.05, 0) is 48.1 Å². The van der Waals surface area contributed by atoms with Gasteiger partial charge in [-0.1, -0.05) is 37.6 Å². The van der Waals surface area contributed by atoms with E-state index in [9.17, 15) is 9.59 Å². The molecule has 27 heavy (non-hydrogen) atoms. The van der Waals surface area contributed by atoms with Crippen LogP contribution in [0, 0.1) is 0 Å². The second-order valence-electron chi connectivity index (χ2n) is 6.77. The van der Waals surface area contributed by atoms with E-state index in [1.165, 1.54) is 4.90 Å². The van der Waals surface area contributed by atoms with Gasteiger partial charge in [0.2, 0.25) is 5.91 Å². The van der Waals surface area contributed by atoms with Crippen LogP contribution < -0.4 is 0 Å². The molecule has 142 valence electrons. The Bertz CT molecular complexity index is 804. The second kappa shape index (κ2) is 9.09. The van der Waals surface area contributed by atoms with E-state index in [0.29, 0.717) is 18.7 Å². The van der Waals surface area contributed by atoms with E-state index >= 15 is 0 Å². The minimum atomic E-state index is -0.0684. The largest absolute Gasteiger partial charge is 0.339 e. The number of thioether (sulfide) groups is 1. The van der Waals surface area contributed by atoms with Crippen molar-refractivity contribution in [3.8, 4) is 11.1 Å². The fourth-order valence-electron chi connectivity index (χ4n) is 3.27. The first-order valence-corrected chi connectivity index (χ1v) is 10.7. The van der Waals surface area contributed by atoms with Gasteiger partial charge in [0.1, 0.15) is 6.54 Å². The molecule has 0 saturated carbocycles. The first-order chi connectivity index (χ1) is 13.1. The smallest absolute Gasteiger partial charge is 0.254 e. The highest BCUT2D eigenvalue weighted by Crippen LogP contribution is 2.24.